The second-order valence-electron chi connectivity index (χ2n) is 5.99. The van der Waals surface area contributed by atoms with Crippen LogP contribution in [0.15, 0.2) is 23.1 Å². The molecule has 0 fully saturated rings. The molecular weight excluding hydrogens is 340 g/mol. The van der Waals surface area contributed by atoms with Crippen LogP contribution in [0.5, 0.6) is 11.5 Å². The van der Waals surface area contributed by atoms with Gasteiger partial charge in [-0.05, 0) is 31.4 Å². The molecule has 1 rings (SSSR count). The van der Waals surface area contributed by atoms with Crippen molar-refractivity contribution in [2.75, 3.05) is 20.8 Å². The summed E-state index contributed by atoms with van der Waals surface area (Å²) in [6.45, 7) is 6.05. The van der Waals surface area contributed by atoms with Gasteiger partial charge in [0, 0.05) is 18.2 Å². The van der Waals surface area contributed by atoms with E-state index in [1.807, 2.05) is 13.8 Å². The van der Waals surface area contributed by atoms with Gasteiger partial charge in [0.25, 0.3) is 0 Å². The van der Waals surface area contributed by atoms with E-state index >= 15 is 0 Å². The van der Waals surface area contributed by atoms with Gasteiger partial charge < -0.3 is 15.2 Å². The molecule has 8 heteroatoms. The number of methoxy groups -OCH3 is 2. The summed E-state index contributed by atoms with van der Waals surface area (Å²) < 4.78 is 38.4. The lowest BCUT2D eigenvalue weighted by Crippen LogP contribution is -2.52. The third-order valence-corrected chi connectivity index (χ3v) is 5.01. The topological polar surface area (TPSA) is 90.6 Å². The van der Waals surface area contributed by atoms with E-state index in [-0.39, 0.29) is 29.6 Å². The Labute approximate surface area is 145 Å². The van der Waals surface area contributed by atoms with Crippen LogP contribution in [0.25, 0.3) is 0 Å². The van der Waals surface area contributed by atoms with E-state index < -0.39 is 15.6 Å². The normalized spacial score (nSPS) is 14.0. The number of sulfonamides is 1. The highest BCUT2D eigenvalue weighted by atomic mass is 35.5. The van der Waals surface area contributed by atoms with Crippen LogP contribution in [0.1, 0.15) is 27.2 Å². The average Bonchev–Trinajstić information content (AvgIpc) is 2.45. The molecule has 1 aromatic carbocycles. The molecule has 0 spiro atoms. The van der Waals surface area contributed by atoms with Gasteiger partial charge in [0.15, 0.2) is 0 Å². The monoisotopic (exact) mass is 366 g/mol. The minimum atomic E-state index is -3.79. The van der Waals surface area contributed by atoms with E-state index in [1.54, 1.807) is 19.1 Å². The number of nitrogens with two attached hydrogens (primary N) is 1. The quantitative estimate of drug-likeness (QED) is 0.735. The molecule has 0 heterocycles. The van der Waals surface area contributed by atoms with Crippen molar-refractivity contribution in [1.29, 1.82) is 0 Å². The zero-order chi connectivity index (χ0) is 17.0. The number of hydrogen-bond acceptors (Lipinski definition) is 5. The molecule has 0 aromatic heterocycles. The lowest BCUT2D eigenvalue weighted by atomic mass is 9.92. The molecule has 0 radical (unpaired) electrons. The predicted molar refractivity (Wildman–Crippen MR) is 94.0 cm³/mol. The summed E-state index contributed by atoms with van der Waals surface area (Å²) in [4.78, 5) is 0.0396. The summed E-state index contributed by atoms with van der Waals surface area (Å²) in [5.41, 5.74) is 5.06. The van der Waals surface area contributed by atoms with Crippen LogP contribution in [-0.2, 0) is 10.0 Å². The summed E-state index contributed by atoms with van der Waals surface area (Å²) >= 11 is 0. The molecule has 1 atom stereocenters. The highest BCUT2D eigenvalue weighted by Gasteiger charge is 2.32. The van der Waals surface area contributed by atoms with Crippen molar-refractivity contribution in [3.05, 3.63) is 18.2 Å². The number of nitrogens with one attached hydrogen (secondary N) is 1. The van der Waals surface area contributed by atoms with Crippen molar-refractivity contribution in [3.63, 3.8) is 0 Å². The second-order valence-corrected chi connectivity index (χ2v) is 7.64. The predicted octanol–water partition coefficient (Wildman–Crippen LogP) is 2.17. The third-order valence-electron chi connectivity index (χ3n) is 3.35. The molecule has 1 unspecified atom stereocenters. The van der Waals surface area contributed by atoms with Gasteiger partial charge in [-0.25, -0.2) is 13.1 Å². The van der Waals surface area contributed by atoms with E-state index in [0.29, 0.717) is 18.1 Å². The summed E-state index contributed by atoms with van der Waals surface area (Å²) in [5, 5.41) is 0. The highest BCUT2D eigenvalue weighted by molar-refractivity contribution is 7.89. The molecule has 0 saturated heterocycles. The van der Waals surface area contributed by atoms with E-state index in [9.17, 15) is 8.42 Å². The number of hydrogen-bond donors (Lipinski definition) is 2. The molecule has 0 bridgehead atoms. The Bertz CT molecular complexity index is 607. The summed E-state index contributed by atoms with van der Waals surface area (Å²) in [7, 11) is -0.878. The Hall–Kier alpha value is -1.02. The van der Waals surface area contributed by atoms with Crippen LogP contribution < -0.4 is 19.9 Å². The van der Waals surface area contributed by atoms with Gasteiger partial charge in [0.05, 0.1) is 14.2 Å². The van der Waals surface area contributed by atoms with Gasteiger partial charge in [-0.3, -0.25) is 0 Å². The van der Waals surface area contributed by atoms with Crippen LogP contribution in [0.3, 0.4) is 0 Å². The first-order valence-corrected chi connectivity index (χ1v) is 8.62. The molecule has 0 aliphatic carbocycles. The standard InChI is InChI=1S/C15H26N2O4S.ClH/c1-11(2)9-15(3,10-16)17-22(18,19)14-8-12(20-4)6-7-13(14)21-5;/h6-8,11,17H,9-10,16H2,1-5H3;1H. The Balaban J connectivity index is 0.00000484. The number of benzene rings is 1. The SMILES string of the molecule is COc1ccc(OC)c(S(=O)(=O)NC(C)(CN)CC(C)C)c1.Cl. The number of halogens is 1. The molecular formula is C15H27ClN2O4S. The molecule has 6 nitrogen and oxygen atoms in total. The number of ether oxygens (including phenoxy) is 2. The van der Waals surface area contributed by atoms with Crippen molar-refractivity contribution in [2.24, 2.45) is 11.7 Å². The van der Waals surface area contributed by atoms with E-state index in [1.165, 1.54) is 20.3 Å². The molecule has 0 amide bonds. The van der Waals surface area contributed by atoms with Gasteiger partial charge in [-0.15, -0.1) is 12.4 Å². The molecule has 1 aromatic rings. The molecule has 3 N–H and O–H groups in total. The van der Waals surface area contributed by atoms with Crippen molar-refractivity contribution >= 4 is 22.4 Å². The first-order chi connectivity index (χ1) is 10.2. The Kier molecular flexibility index (Phi) is 8.34. The maximum Gasteiger partial charge on any atom is 0.244 e. The minimum absolute atomic E-state index is 0. The largest absolute Gasteiger partial charge is 0.497 e. The minimum Gasteiger partial charge on any atom is -0.497 e. The van der Waals surface area contributed by atoms with Crippen molar-refractivity contribution < 1.29 is 17.9 Å². The first-order valence-electron chi connectivity index (χ1n) is 7.13. The first kappa shape index (κ1) is 22.0. The van der Waals surface area contributed by atoms with Crippen LogP contribution in [0, 0.1) is 5.92 Å². The van der Waals surface area contributed by atoms with Gasteiger partial charge in [0.1, 0.15) is 16.4 Å². The Morgan fingerprint density at radius 2 is 1.87 bits per heavy atom. The van der Waals surface area contributed by atoms with Gasteiger partial charge >= 0.3 is 0 Å². The lowest BCUT2D eigenvalue weighted by Gasteiger charge is -2.31. The molecule has 134 valence electrons. The maximum absolute atomic E-state index is 12.7. The lowest BCUT2D eigenvalue weighted by molar-refractivity contribution is 0.343. The summed E-state index contributed by atoms with van der Waals surface area (Å²) in [6, 6.07) is 4.65. The van der Waals surface area contributed by atoms with Gasteiger partial charge in [-0.1, -0.05) is 13.8 Å². The van der Waals surface area contributed by atoms with Crippen LogP contribution in [0.4, 0.5) is 0 Å². The van der Waals surface area contributed by atoms with Crippen molar-refractivity contribution in [3.8, 4) is 11.5 Å². The Morgan fingerprint density at radius 3 is 2.30 bits per heavy atom. The van der Waals surface area contributed by atoms with Crippen LogP contribution in [-0.4, -0.2) is 34.7 Å². The molecule has 23 heavy (non-hydrogen) atoms. The zero-order valence-electron chi connectivity index (χ0n) is 14.3. The highest BCUT2D eigenvalue weighted by Crippen LogP contribution is 2.29. The smallest absolute Gasteiger partial charge is 0.244 e. The van der Waals surface area contributed by atoms with Crippen LogP contribution in [0.2, 0.25) is 0 Å². The van der Waals surface area contributed by atoms with E-state index in [0.717, 1.165) is 0 Å². The van der Waals surface area contributed by atoms with Crippen molar-refractivity contribution in [1.82, 2.24) is 4.72 Å². The fourth-order valence-electron chi connectivity index (χ4n) is 2.44. The molecule has 0 aliphatic rings. The fraction of sp³-hybridized carbons (Fsp3) is 0.600. The zero-order valence-corrected chi connectivity index (χ0v) is 15.9. The maximum atomic E-state index is 12.7. The van der Waals surface area contributed by atoms with E-state index in [4.69, 9.17) is 15.2 Å². The van der Waals surface area contributed by atoms with Gasteiger partial charge in [-0.2, -0.15) is 0 Å². The van der Waals surface area contributed by atoms with Crippen molar-refractivity contribution in [2.45, 2.75) is 37.6 Å². The summed E-state index contributed by atoms with van der Waals surface area (Å²) in [6.07, 6.45) is 0.634. The molecule has 0 saturated carbocycles. The van der Waals surface area contributed by atoms with E-state index in [2.05, 4.69) is 4.72 Å². The average molecular weight is 367 g/mol. The van der Waals surface area contributed by atoms with Crippen LogP contribution >= 0.6 is 12.4 Å². The summed E-state index contributed by atoms with van der Waals surface area (Å²) in [5.74, 6) is 1.01. The Morgan fingerprint density at radius 1 is 1.26 bits per heavy atom. The second kappa shape index (κ2) is 8.73. The third kappa shape index (κ3) is 5.84. The molecule has 0 aliphatic heterocycles. The fourth-order valence-corrected chi connectivity index (χ4v) is 4.05. The van der Waals surface area contributed by atoms with Gasteiger partial charge in [0.2, 0.25) is 10.0 Å². The number of rotatable bonds is 8.